The van der Waals surface area contributed by atoms with Gasteiger partial charge in [0.05, 0.1) is 19.3 Å². The largest absolute Gasteiger partial charge is 0.478 e. The summed E-state index contributed by atoms with van der Waals surface area (Å²) >= 11 is 0. The predicted molar refractivity (Wildman–Crippen MR) is 134 cm³/mol. The van der Waals surface area contributed by atoms with E-state index in [4.69, 9.17) is 9.47 Å². The van der Waals surface area contributed by atoms with E-state index in [0.29, 0.717) is 6.61 Å². The van der Waals surface area contributed by atoms with E-state index >= 15 is 0 Å². The molecule has 2 rings (SSSR count). The number of aliphatic carboxylic acids is 1. The summed E-state index contributed by atoms with van der Waals surface area (Å²) in [6.07, 6.45) is 11.7. The molecule has 0 aromatic heterocycles. The smallest absolute Gasteiger partial charge is 0.351 e. The van der Waals surface area contributed by atoms with Crippen LogP contribution in [0.15, 0.2) is 30.3 Å². The lowest BCUT2D eigenvalue weighted by atomic mass is 10.0. The van der Waals surface area contributed by atoms with Gasteiger partial charge in [-0.3, -0.25) is 5.32 Å². The molecule has 6 heteroatoms. The molecule has 0 amide bonds. The first-order valence-corrected chi connectivity index (χ1v) is 12.9. The van der Waals surface area contributed by atoms with Crippen LogP contribution >= 0.6 is 0 Å². The van der Waals surface area contributed by atoms with Gasteiger partial charge in [-0.05, 0) is 18.9 Å². The normalized spacial score (nSPS) is 21.6. The van der Waals surface area contributed by atoms with Gasteiger partial charge in [0.1, 0.15) is 12.2 Å². The van der Waals surface area contributed by atoms with Gasteiger partial charge in [-0.15, -0.1) is 5.92 Å². The molecule has 1 aliphatic rings. The number of ether oxygens (including phenoxy) is 2. The lowest BCUT2D eigenvalue weighted by Gasteiger charge is -2.27. The van der Waals surface area contributed by atoms with E-state index in [0.717, 1.165) is 24.8 Å². The van der Waals surface area contributed by atoms with Gasteiger partial charge in [0, 0.05) is 6.42 Å². The molecular formula is C28H43NO5. The maximum Gasteiger partial charge on any atom is 0.351 e. The predicted octanol–water partition coefficient (Wildman–Crippen LogP) is 5.04. The number of hydrogen-bond acceptors (Lipinski definition) is 5. The molecule has 0 bridgehead atoms. The zero-order valence-electron chi connectivity index (χ0n) is 20.9. The number of hydrogen-bond donors (Lipinski definition) is 3. The summed E-state index contributed by atoms with van der Waals surface area (Å²) in [5.41, 5.74) is -0.528. The molecule has 1 aromatic carbocycles. The molecule has 34 heavy (non-hydrogen) atoms. The van der Waals surface area contributed by atoms with Crippen LogP contribution < -0.4 is 5.32 Å². The summed E-state index contributed by atoms with van der Waals surface area (Å²) in [6, 6.07) is 9.19. The molecule has 0 spiro atoms. The number of carbonyl (C=O) groups is 1. The van der Waals surface area contributed by atoms with Crippen LogP contribution in [0.2, 0.25) is 0 Å². The molecule has 0 aliphatic carbocycles. The Morgan fingerprint density at radius 3 is 2.32 bits per heavy atom. The number of unbranched alkanes of at least 4 members (excludes halogenated alkanes) is 10. The molecular weight excluding hydrogens is 430 g/mol. The highest BCUT2D eigenvalue weighted by Gasteiger charge is 2.46. The number of aliphatic hydroxyl groups is 1. The Morgan fingerprint density at radius 1 is 1.12 bits per heavy atom. The van der Waals surface area contributed by atoms with E-state index in [1.54, 1.807) is 0 Å². The minimum absolute atomic E-state index is 0.124. The molecule has 0 saturated carbocycles. The molecule has 0 radical (unpaired) electrons. The first-order valence-electron chi connectivity index (χ1n) is 12.9. The molecule has 1 saturated heterocycles. The maximum atomic E-state index is 11.5. The average Bonchev–Trinajstić information content (AvgIpc) is 3.24. The standard InChI is InChI=1S/C28H43NO5/c1-3-4-5-6-7-8-9-10-11-12-13-17-20-25(30)26(33-21-23-18-15-14-16-19-23)24-22-34-28(2,29-24)27(31)32/h14-16,18-19,24-26,29-30H,3-13,21-22H2,1-2H3,(H,31,32)/t24-,25+,26-,28?/m0/s1. The lowest BCUT2D eigenvalue weighted by molar-refractivity contribution is -0.160. The summed E-state index contributed by atoms with van der Waals surface area (Å²) in [5.74, 6) is 4.91. The van der Waals surface area contributed by atoms with Crippen LogP contribution in [-0.2, 0) is 20.9 Å². The Kier molecular flexibility index (Phi) is 13.2. The summed E-state index contributed by atoms with van der Waals surface area (Å²) in [5, 5.41) is 23.2. The number of carboxylic acid groups (broad SMARTS) is 1. The molecule has 1 aromatic rings. The fourth-order valence-electron chi connectivity index (χ4n) is 4.15. The molecule has 4 atom stereocenters. The third kappa shape index (κ3) is 10.1. The van der Waals surface area contributed by atoms with Gasteiger partial charge in [0.15, 0.2) is 0 Å². The second kappa shape index (κ2) is 15.9. The molecule has 1 unspecified atom stereocenters. The molecule has 1 heterocycles. The number of benzene rings is 1. The Morgan fingerprint density at radius 2 is 1.74 bits per heavy atom. The second-order valence-electron chi connectivity index (χ2n) is 9.36. The van der Waals surface area contributed by atoms with Crippen molar-refractivity contribution in [3.8, 4) is 11.8 Å². The second-order valence-corrected chi connectivity index (χ2v) is 9.36. The van der Waals surface area contributed by atoms with Crippen LogP contribution in [0.5, 0.6) is 0 Å². The van der Waals surface area contributed by atoms with Gasteiger partial charge in [-0.25, -0.2) is 4.79 Å². The van der Waals surface area contributed by atoms with Crippen molar-refractivity contribution in [3.05, 3.63) is 35.9 Å². The summed E-state index contributed by atoms with van der Waals surface area (Å²) < 4.78 is 11.5. The van der Waals surface area contributed by atoms with Crippen LogP contribution in [0, 0.1) is 11.8 Å². The van der Waals surface area contributed by atoms with Crippen molar-refractivity contribution in [2.75, 3.05) is 6.61 Å². The maximum absolute atomic E-state index is 11.5. The fourth-order valence-corrected chi connectivity index (χ4v) is 4.15. The van der Waals surface area contributed by atoms with Crippen LogP contribution in [0.4, 0.5) is 0 Å². The van der Waals surface area contributed by atoms with Crippen molar-refractivity contribution >= 4 is 5.97 Å². The molecule has 190 valence electrons. The van der Waals surface area contributed by atoms with E-state index in [2.05, 4.69) is 24.1 Å². The number of nitrogens with one attached hydrogen (secondary N) is 1. The Hall–Kier alpha value is -1.91. The van der Waals surface area contributed by atoms with Crippen molar-refractivity contribution in [1.29, 1.82) is 0 Å². The quantitative estimate of drug-likeness (QED) is 0.230. The minimum atomic E-state index is -1.50. The van der Waals surface area contributed by atoms with Crippen LogP contribution in [0.25, 0.3) is 0 Å². The Bertz CT molecular complexity index is 759. The van der Waals surface area contributed by atoms with Crippen molar-refractivity contribution in [2.24, 2.45) is 0 Å². The van der Waals surface area contributed by atoms with Gasteiger partial charge < -0.3 is 19.7 Å². The third-order valence-corrected chi connectivity index (χ3v) is 6.32. The van der Waals surface area contributed by atoms with Crippen molar-refractivity contribution < 1.29 is 24.5 Å². The summed E-state index contributed by atoms with van der Waals surface area (Å²) in [4.78, 5) is 11.5. The van der Waals surface area contributed by atoms with E-state index in [1.807, 2.05) is 30.3 Å². The van der Waals surface area contributed by atoms with E-state index in [1.165, 1.54) is 58.3 Å². The topological polar surface area (TPSA) is 88.0 Å². The zero-order valence-corrected chi connectivity index (χ0v) is 20.9. The first-order chi connectivity index (χ1) is 16.5. The highest BCUT2D eigenvalue weighted by molar-refractivity contribution is 5.76. The average molecular weight is 474 g/mol. The molecule has 1 aliphatic heterocycles. The number of aliphatic hydroxyl groups excluding tert-OH is 1. The number of rotatable bonds is 16. The van der Waals surface area contributed by atoms with Crippen LogP contribution in [-0.4, -0.2) is 46.8 Å². The van der Waals surface area contributed by atoms with Crippen LogP contribution in [0.1, 0.15) is 90.0 Å². The van der Waals surface area contributed by atoms with Gasteiger partial charge >= 0.3 is 5.97 Å². The highest BCUT2D eigenvalue weighted by atomic mass is 16.6. The van der Waals surface area contributed by atoms with Gasteiger partial charge in [-0.2, -0.15) is 0 Å². The van der Waals surface area contributed by atoms with Gasteiger partial charge in [0.25, 0.3) is 0 Å². The Balaban J connectivity index is 1.78. The summed E-state index contributed by atoms with van der Waals surface area (Å²) in [6.45, 7) is 4.13. The fraction of sp³-hybridized carbons (Fsp3) is 0.679. The highest BCUT2D eigenvalue weighted by Crippen LogP contribution is 2.22. The number of carboxylic acids is 1. The molecule has 6 nitrogen and oxygen atoms in total. The Labute approximate surface area is 205 Å². The monoisotopic (exact) mass is 473 g/mol. The van der Waals surface area contributed by atoms with Crippen molar-refractivity contribution in [3.63, 3.8) is 0 Å². The van der Waals surface area contributed by atoms with E-state index in [-0.39, 0.29) is 6.61 Å². The van der Waals surface area contributed by atoms with E-state index < -0.39 is 29.9 Å². The SMILES string of the molecule is CCCCCCCCCCCCC#C[C@@H](O)[C@@H](OCc1ccccc1)[C@@H]1COC(C)(C(=O)O)N1. The zero-order chi connectivity index (χ0) is 24.7. The minimum Gasteiger partial charge on any atom is -0.478 e. The molecule has 3 N–H and O–H groups in total. The van der Waals surface area contributed by atoms with Gasteiger partial charge in [0.2, 0.25) is 5.72 Å². The van der Waals surface area contributed by atoms with Crippen molar-refractivity contribution in [2.45, 2.75) is 115 Å². The lowest BCUT2D eigenvalue weighted by Crippen LogP contribution is -2.53. The summed E-state index contributed by atoms with van der Waals surface area (Å²) in [7, 11) is 0. The third-order valence-electron chi connectivity index (χ3n) is 6.32. The first kappa shape index (κ1) is 28.3. The van der Waals surface area contributed by atoms with Crippen LogP contribution in [0.3, 0.4) is 0 Å². The molecule has 1 fully saturated rings. The van der Waals surface area contributed by atoms with Gasteiger partial charge in [-0.1, -0.05) is 101 Å². The van der Waals surface area contributed by atoms with Crippen molar-refractivity contribution in [1.82, 2.24) is 5.32 Å². The van der Waals surface area contributed by atoms with E-state index in [9.17, 15) is 15.0 Å².